The molecule has 2 aromatic carbocycles. The van der Waals surface area contributed by atoms with Gasteiger partial charge < -0.3 is 9.47 Å². The average molecular weight is 499 g/mol. The summed E-state index contributed by atoms with van der Waals surface area (Å²) in [5.41, 5.74) is 0.775. The molecule has 0 bridgehead atoms. The number of amides is 1. The Morgan fingerprint density at radius 3 is 2.59 bits per heavy atom. The third-order valence-corrected chi connectivity index (χ3v) is 7.12. The fourth-order valence-corrected chi connectivity index (χ4v) is 4.68. The molecule has 0 aliphatic carbocycles. The average Bonchev–Trinajstić information content (AvgIpc) is 3.24. The first-order valence-corrected chi connectivity index (χ1v) is 12.6. The van der Waals surface area contributed by atoms with E-state index in [0.717, 1.165) is 11.3 Å². The van der Waals surface area contributed by atoms with E-state index in [-0.39, 0.29) is 32.5 Å². The Morgan fingerprint density at radius 1 is 1.18 bits per heavy atom. The molecule has 0 aromatic heterocycles. The lowest BCUT2D eigenvalue weighted by Gasteiger charge is -2.20. The molecule has 4 rings (SSSR count). The quantitative estimate of drug-likeness (QED) is 0.377. The molecule has 12 heteroatoms. The number of fused-ring (bicyclic) bond motifs is 1. The fourth-order valence-electron chi connectivity index (χ4n) is 2.99. The van der Waals surface area contributed by atoms with Crippen LogP contribution < -0.4 is 9.47 Å². The third-order valence-electron chi connectivity index (χ3n) is 4.54. The first-order chi connectivity index (χ1) is 16.2. The van der Waals surface area contributed by atoms with Crippen LogP contribution in [0.25, 0.3) is 6.08 Å². The first-order valence-electron chi connectivity index (χ1n) is 9.91. The van der Waals surface area contributed by atoms with Crippen molar-refractivity contribution in [2.24, 2.45) is 10.1 Å². The van der Waals surface area contributed by atoms with E-state index in [1.165, 1.54) is 12.1 Å². The molecule has 34 heavy (non-hydrogen) atoms. The molecule has 2 aliphatic rings. The van der Waals surface area contributed by atoms with Gasteiger partial charge in [0.1, 0.15) is 0 Å². The standard InChI is InChI=1S/C22H18N4O6S2/c1-3-31-17-12-13(9-10-16(17)32-20(28)14-7-5-4-6-8-14)11-15-18(23)26-21(24-19(15)27)33-22(25-26)34(2,29)30/h4-12,23H,3H2,1-2H3/b15-11+,23-18?. The molecule has 10 nitrogen and oxygen atoms in total. The highest BCUT2D eigenvalue weighted by Crippen LogP contribution is 2.33. The van der Waals surface area contributed by atoms with Crippen LogP contribution in [0.1, 0.15) is 22.8 Å². The molecule has 1 N–H and O–H groups in total. The molecule has 2 aliphatic heterocycles. The van der Waals surface area contributed by atoms with Crippen molar-refractivity contribution >= 4 is 54.9 Å². The maximum atomic E-state index is 12.6. The number of esters is 1. The van der Waals surface area contributed by atoms with Gasteiger partial charge in [0.2, 0.25) is 19.4 Å². The number of carbonyl (C=O) groups excluding carboxylic acids is 2. The maximum Gasteiger partial charge on any atom is 0.343 e. The second kappa shape index (κ2) is 9.23. The van der Waals surface area contributed by atoms with Gasteiger partial charge in [-0.1, -0.05) is 24.3 Å². The summed E-state index contributed by atoms with van der Waals surface area (Å²) in [6.07, 6.45) is 2.40. The van der Waals surface area contributed by atoms with E-state index in [2.05, 4.69) is 10.1 Å². The van der Waals surface area contributed by atoms with E-state index in [4.69, 9.17) is 14.9 Å². The number of hydrazone groups is 1. The lowest BCUT2D eigenvalue weighted by atomic mass is 10.1. The highest BCUT2D eigenvalue weighted by atomic mass is 32.3. The number of rotatable bonds is 5. The lowest BCUT2D eigenvalue weighted by Crippen LogP contribution is -2.35. The highest BCUT2D eigenvalue weighted by Gasteiger charge is 2.38. The van der Waals surface area contributed by atoms with Crippen molar-refractivity contribution in [3.05, 3.63) is 65.2 Å². The molecule has 0 saturated heterocycles. The second-order valence-corrected chi connectivity index (χ2v) is 10.2. The molecule has 0 fully saturated rings. The SMILES string of the molecule is CCOc1cc(/C=C2\C(=N)N3N=C(S(C)(=O)=O)SC3=NC2=O)ccc1OC(=O)c1ccccc1. The van der Waals surface area contributed by atoms with Crippen molar-refractivity contribution in [2.45, 2.75) is 6.92 Å². The number of nitrogens with zero attached hydrogens (tertiary/aromatic N) is 3. The van der Waals surface area contributed by atoms with Crippen molar-refractivity contribution in [3.63, 3.8) is 0 Å². The van der Waals surface area contributed by atoms with E-state index >= 15 is 0 Å². The molecule has 2 heterocycles. The van der Waals surface area contributed by atoms with Crippen molar-refractivity contribution < 1.29 is 27.5 Å². The van der Waals surface area contributed by atoms with Crippen molar-refractivity contribution in [1.82, 2.24) is 5.01 Å². The molecule has 0 spiro atoms. The van der Waals surface area contributed by atoms with Crippen LogP contribution in [-0.2, 0) is 14.6 Å². The van der Waals surface area contributed by atoms with Crippen LogP contribution in [0.15, 0.2) is 64.2 Å². The number of hydrogen-bond donors (Lipinski definition) is 1. The Kier molecular flexibility index (Phi) is 6.35. The smallest absolute Gasteiger partial charge is 0.343 e. The molecule has 0 unspecified atom stereocenters. The summed E-state index contributed by atoms with van der Waals surface area (Å²) in [5.74, 6) is -1.09. The van der Waals surface area contributed by atoms with E-state index in [1.54, 1.807) is 49.4 Å². The largest absolute Gasteiger partial charge is 0.490 e. The Labute approximate surface area is 199 Å². The Hall–Kier alpha value is -3.77. The van der Waals surface area contributed by atoms with Gasteiger partial charge in [-0.25, -0.2) is 13.2 Å². The summed E-state index contributed by atoms with van der Waals surface area (Å²) >= 11 is 0.713. The van der Waals surface area contributed by atoms with Crippen molar-refractivity contribution in [1.29, 1.82) is 5.41 Å². The number of benzene rings is 2. The second-order valence-electron chi connectivity index (χ2n) is 7.05. The predicted molar refractivity (Wildman–Crippen MR) is 129 cm³/mol. The molecule has 0 radical (unpaired) electrons. The van der Waals surface area contributed by atoms with Crippen LogP contribution in [0, 0.1) is 5.41 Å². The number of carbonyl (C=O) groups is 2. The Morgan fingerprint density at radius 2 is 1.91 bits per heavy atom. The number of ether oxygens (including phenoxy) is 2. The summed E-state index contributed by atoms with van der Waals surface area (Å²) in [5, 5.41) is 13.3. The Bertz CT molecular complexity index is 1400. The number of aliphatic imine (C=N–C) groups is 1. The number of thioether (sulfide) groups is 1. The number of amidine groups is 2. The van der Waals surface area contributed by atoms with E-state index in [0.29, 0.717) is 29.5 Å². The molecule has 0 saturated carbocycles. The van der Waals surface area contributed by atoms with Gasteiger partial charge in [-0.3, -0.25) is 10.2 Å². The molecule has 1 amide bonds. The minimum atomic E-state index is -3.62. The van der Waals surface area contributed by atoms with Gasteiger partial charge in [-0.05, 0) is 54.6 Å². The summed E-state index contributed by atoms with van der Waals surface area (Å²) in [6.45, 7) is 2.07. The summed E-state index contributed by atoms with van der Waals surface area (Å²) in [7, 11) is -3.62. The van der Waals surface area contributed by atoms with Crippen LogP contribution in [0.5, 0.6) is 11.5 Å². The van der Waals surface area contributed by atoms with Gasteiger partial charge >= 0.3 is 5.97 Å². The highest BCUT2D eigenvalue weighted by molar-refractivity contribution is 8.42. The minimum absolute atomic E-state index is 0.00533. The topological polar surface area (TPSA) is 139 Å². The van der Waals surface area contributed by atoms with E-state index in [9.17, 15) is 18.0 Å². The van der Waals surface area contributed by atoms with Crippen LogP contribution in [0.2, 0.25) is 0 Å². The summed E-state index contributed by atoms with van der Waals surface area (Å²) < 4.78 is 34.4. The molecular weight excluding hydrogens is 480 g/mol. The van der Waals surface area contributed by atoms with Crippen molar-refractivity contribution in [2.75, 3.05) is 12.9 Å². The third kappa shape index (κ3) is 4.77. The maximum absolute atomic E-state index is 12.6. The van der Waals surface area contributed by atoms with Crippen LogP contribution in [0.3, 0.4) is 0 Å². The van der Waals surface area contributed by atoms with E-state index < -0.39 is 21.7 Å². The van der Waals surface area contributed by atoms with Gasteiger partial charge in [0.15, 0.2) is 17.3 Å². The molecule has 174 valence electrons. The predicted octanol–water partition coefficient (Wildman–Crippen LogP) is 2.93. The fraction of sp³-hybridized carbons (Fsp3) is 0.136. The van der Waals surface area contributed by atoms with Gasteiger partial charge in [-0.2, -0.15) is 10.0 Å². The monoisotopic (exact) mass is 498 g/mol. The molecular formula is C22H18N4O6S2. The zero-order valence-electron chi connectivity index (χ0n) is 18.0. The van der Waals surface area contributed by atoms with Crippen molar-refractivity contribution in [3.8, 4) is 11.5 Å². The lowest BCUT2D eigenvalue weighted by molar-refractivity contribution is -0.114. The van der Waals surface area contributed by atoms with Crippen LogP contribution >= 0.6 is 11.8 Å². The van der Waals surface area contributed by atoms with Gasteiger partial charge in [0.25, 0.3) is 5.91 Å². The van der Waals surface area contributed by atoms with Gasteiger partial charge in [0.05, 0.1) is 17.7 Å². The first kappa shape index (κ1) is 23.4. The summed E-state index contributed by atoms with van der Waals surface area (Å²) in [6, 6.07) is 13.2. The normalized spacial score (nSPS) is 16.8. The van der Waals surface area contributed by atoms with Crippen LogP contribution in [0.4, 0.5) is 0 Å². The zero-order valence-corrected chi connectivity index (χ0v) is 19.6. The Balaban J connectivity index is 1.63. The molecule has 0 atom stereocenters. The molecule has 2 aromatic rings. The van der Waals surface area contributed by atoms with Gasteiger partial charge in [0, 0.05) is 6.26 Å². The number of sulfone groups is 1. The van der Waals surface area contributed by atoms with Crippen LogP contribution in [-0.4, -0.2) is 53.5 Å². The van der Waals surface area contributed by atoms with E-state index in [1.807, 2.05) is 0 Å². The number of hydrogen-bond acceptors (Lipinski definition) is 9. The minimum Gasteiger partial charge on any atom is -0.490 e. The van der Waals surface area contributed by atoms with Gasteiger partial charge in [-0.15, -0.1) is 5.10 Å². The zero-order chi connectivity index (χ0) is 24.5. The summed E-state index contributed by atoms with van der Waals surface area (Å²) in [4.78, 5) is 28.8. The number of nitrogens with one attached hydrogen (secondary N) is 1.